The minimum Gasteiger partial charge on any atom is -0.493 e. The summed E-state index contributed by atoms with van der Waals surface area (Å²) in [4.78, 5) is 19.2. The maximum atomic E-state index is 12.4. The third-order valence-electron chi connectivity index (χ3n) is 5.80. The molecule has 0 spiro atoms. The van der Waals surface area contributed by atoms with Crippen molar-refractivity contribution >= 4 is 17.0 Å². The first-order valence-electron chi connectivity index (χ1n) is 10.7. The summed E-state index contributed by atoms with van der Waals surface area (Å²) in [6.45, 7) is 2.75. The van der Waals surface area contributed by atoms with Gasteiger partial charge in [0.05, 0.1) is 20.8 Å². The van der Waals surface area contributed by atoms with Crippen LogP contribution in [0, 0.1) is 0 Å². The van der Waals surface area contributed by atoms with Crippen molar-refractivity contribution in [1.29, 1.82) is 0 Å². The number of likely N-dealkylation sites (tertiary alicyclic amines) is 1. The normalized spacial score (nSPS) is 15.2. The van der Waals surface area contributed by atoms with Crippen molar-refractivity contribution in [3.63, 3.8) is 0 Å². The number of piperidine rings is 1. The zero-order chi connectivity index (χ0) is 21.6. The summed E-state index contributed by atoms with van der Waals surface area (Å²) in [5, 5.41) is 3.02. The summed E-state index contributed by atoms with van der Waals surface area (Å²) >= 11 is 0. The second kappa shape index (κ2) is 9.83. The Balaban J connectivity index is 1.20. The lowest BCUT2D eigenvalue weighted by molar-refractivity contribution is -0.122. The van der Waals surface area contributed by atoms with Gasteiger partial charge in [0.25, 0.3) is 0 Å². The molecule has 1 N–H and O–H groups in total. The molecule has 2 heterocycles. The third kappa shape index (κ3) is 5.17. The molecule has 0 unspecified atom stereocenters. The van der Waals surface area contributed by atoms with Gasteiger partial charge in [-0.3, -0.25) is 9.69 Å². The van der Waals surface area contributed by atoms with Crippen LogP contribution < -0.4 is 14.8 Å². The molecule has 31 heavy (non-hydrogen) atoms. The van der Waals surface area contributed by atoms with Crippen LogP contribution in [0.4, 0.5) is 0 Å². The Morgan fingerprint density at radius 1 is 1.13 bits per heavy atom. The van der Waals surface area contributed by atoms with E-state index in [0.29, 0.717) is 30.5 Å². The molecular formula is C24H29N3O4. The van der Waals surface area contributed by atoms with Crippen molar-refractivity contribution < 1.29 is 18.7 Å². The average molecular weight is 424 g/mol. The lowest BCUT2D eigenvalue weighted by Gasteiger charge is -2.29. The summed E-state index contributed by atoms with van der Waals surface area (Å²) < 4.78 is 16.5. The third-order valence-corrected chi connectivity index (χ3v) is 5.80. The first kappa shape index (κ1) is 21.2. The van der Waals surface area contributed by atoms with E-state index in [9.17, 15) is 4.79 Å². The number of nitrogens with zero attached hydrogens (tertiary/aromatic N) is 2. The number of hydrogen-bond donors (Lipinski definition) is 1. The molecule has 1 aliphatic heterocycles. The molecule has 4 rings (SSSR count). The molecule has 1 amide bonds. The van der Waals surface area contributed by atoms with Gasteiger partial charge in [-0.25, -0.2) is 4.98 Å². The molecule has 1 saturated heterocycles. The molecule has 3 aromatic rings. The molecule has 164 valence electrons. The van der Waals surface area contributed by atoms with E-state index < -0.39 is 0 Å². The monoisotopic (exact) mass is 423 g/mol. The van der Waals surface area contributed by atoms with Gasteiger partial charge in [0.1, 0.15) is 5.52 Å². The number of amides is 1. The highest BCUT2D eigenvalue weighted by Gasteiger charge is 2.25. The van der Waals surface area contributed by atoms with Crippen molar-refractivity contribution in [1.82, 2.24) is 15.2 Å². The Labute approximate surface area is 182 Å². The highest BCUT2D eigenvalue weighted by Crippen LogP contribution is 2.30. The molecule has 0 saturated carbocycles. The second-order valence-corrected chi connectivity index (χ2v) is 7.86. The fourth-order valence-corrected chi connectivity index (χ4v) is 4.04. The van der Waals surface area contributed by atoms with Crippen LogP contribution in [-0.4, -0.2) is 56.2 Å². The van der Waals surface area contributed by atoms with Crippen LogP contribution in [-0.2, 0) is 11.2 Å². The Morgan fingerprint density at radius 2 is 1.90 bits per heavy atom. The van der Waals surface area contributed by atoms with Gasteiger partial charge in [0.15, 0.2) is 23.0 Å². The molecule has 1 aromatic heterocycles. The smallest absolute Gasteiger partial charge is 0.234 e. The van der Waals surface area contributed by atoms with E-state index in [0.717, 1.165) is 54.9 Å². The summed E-state index contributed by atoms with van der Waals surface area (Å²) in [6.07, 6.45) is 2.64. The van der Waals surface area contributed by atoms with Gasteiger partial charge >= 0.3 is 0 Å². The van der Waals surface area contributed by atoms with Crippen molar-refractivity contribution in [3.05, 3.63) is 53.9 Å². The van der Waals surface area contributed by atoms with Crippen molar-refractivity contribution in [2.75, 3.05) is 40.4 Å². The molecule has 2 aromatic carbocycles. The number of ether oxygens (including phenoxy) is 2. The number of fused-ring (bicyclic) bond motifs is 1. The molecular weight excluding hydrogens is 394 g/mol. The molecule has 1 aliphatic rings. The number of benzene rings is 2. The highest BCUT2D eigenvalue weighted by molar-refractivity contribution is 5.78. The number of hydrogen-bond acceptors (Lipinski definition) is 6. The van der Waals surface area contributed by atoms with Crippen LogP contribution in [0.2, 0.25) is 0 Å². The predicted molar refractivity (Wildman–Crippen MR) is 119 cm³/mol. The number of rotatable bonds is 8. The lowest BCUT2D eigenvalue weighted by Crippen LogP contribution is -2.41. The van der Waals surface area contributed by atoms with E-state index in [2.05, 4.69) is 15.2 Å². The Bertz CT molecular complexity index is 992. The van der Waals surface area contributed by atoms with E-state index in [1.165, 1.54) is 0 Å². The summed E-state index contributed by atoms with van der Waals surface area (Å²) in [7, 11) is 3.24. The Hall–Kier alpha value is -3.06. The topological polar surface area (TPSA) is 76.8 Å². The fraction of sp³-hybridized carbons (Fsp3) is 0.417. The van der Waals surface area contributed by atoms with E-state index >= 15 is 0 Å². The van der Waals surface area contributed by atoms with E-state index in [1.54, 1.807) is 14.2 Å². The van der Waals surface area contributed by atoms with Crippen molar-refractivity contribution in [2.45, 2.75) is 25.2 Å². The van der Waals surface area contributed by atoms with Gasteiger partial charge < -0.3 is 19.2 Å². The summed E-state index contributed by atoms with van der Waals surface area (Å²) in [6, 6.07) is 13.7. The molecule has 0 aliphatic carbocycles. The van der Waals surface area contributed by atoms with Gasteiger partial charge in [0, 0.05) is 12.5 Å². The summed E-state index contributed by atoms with van der Waals surface area (Å²) in [5.74, 6) is 2.60. The van der Waals surface area contributed by atoms with Crippen molar-refractivity contribution in [2.24, 2.45) is 0 Å². The van der Waals surface area contributed by atoms with Gasteiger partial charge in [-0.05, 0) is 62.2 Å². The Morgan fingerprint density at radius 3 is 2.65 bits per heavy atom. The van der Waals surface area contributed by atoms with Crippen LogP contribution >= 0.6 is 0 Å². The number of carbonyl (C=O) groups excluding carboxylic acids is 1. The SMILES string of the molecule is COc1ccc(CCNC(=O)CN2CCC(c3nc4ccccc4o3)CC2)cc1OC. The van der Waals surface area contributed by atoms with Crippen molar-refractivity contribution in [3.8, 4) is 11.5 Å². The first-order valence-corrected chi connectivity index (χ1v) is 10.7. The maximum Gasteiger partial charge on any atom is 0.234 e. The van der Waals surface area contributed by atoms with Crippen LogP contribution in [0.1, 0.15) is 30.2 Å². The van der Waals surface area contributed by atoms with E-state index in [1.807, 2.05) is 42.5 Å². The molecule has 0 bridgehead atoms. The molecule has 0 radical (unpaired) electrons. The Kier molecular flexibility index (Phi) is 6.72. The average Bonchev–Trinajstić information content (AvgIpc) is 3.23. The van der Waals surface area contributed by atoms with Crippen LogP contribution in [0.5, 0.6) is 11.5 Å². The maximum absolute atomic E-state index is 12.4. The number of para-hydroxylation sites is 2. The second-order valence-electron chi connectivity index (χ2n) is 7.86. The van der Waals surface area contributed by atoms with E-state index in [4.69, 9.17) is 13.9 Å². The lowest BCUT2D eigenvalue weighted by atomic mass is 9.97. The van der Waals surface area contributed by atoms with Crippen LogP contribution in [0.3, 0.4) is 0 Å². The number of oxazole rings is 1. The molecule has 7 heteroatoms. The zero-order valence-electron chi connectivity index (χ0n) is 18.1. The first-order chi connectivity index (χ1) is 15.2. The van der Waals surface area contributed by atoms with E-state index in [-0.39, 0.29) is 5.91 Å². The van der Waals surface area contributed by atoms with Gasteiger partial charge in [0.2, 0.25) is 5.91 Å². The molecule has 0 atom stereocenters. The predicted octanol–water partition coefficient (Wildman–Crippen LogP) is 3.38. The minimum absolute atomic E-state index is 0.0563. The molecule has 7 nitrogen and oxygen atoms in total. The standard InChI is InChI=1S/C24H29N3O4/c1-29-21-8-7-17(15-22(21)30-2)9-12-25-23(28)16-27-13-10-18(11-14-27)24-26-19-5-3-4-6-20(19)31-24/h3-8,15,18H,9-14,16H2,1-2H3,(H,25,28). The number of nitrogens with one attached hydrogen (secondary N) is 1. The summed E-state index contributed by atoms with van der Waals surface area (Å²) in [5.41, 5.74) is 2.85. The van der Waals surface area contributed by atoms with Gasteiger partial charge in [-0.15, -0.1) is 0 Å². The zero-order valence-corrected chi connectivity index (χ0v) is 18.1. The van der Waals surface area contributed by atoms with Gasteiger partial charge in [-0.1, -0.05) is 18.2 Å². The van der Waals surface area contributed by atoms with Gasteiger partial charge in [-0.2, -0.15) is 0 Å². The number of carbonyl (C=O) groups is 1. The number of methoxy groups -OCH3 is 2. The highest BCUT2D eigenvalue weighted by atomic mass is 16.5. The number of aromatic nitrogens is 1. The fourth-order valence-electron chi connectivity index (χ4n) is 4.04. The molecule has 1 fully saturated rings. The van der Waals surface area contributed by atoms with Crippen LogP contribution in [0.15, 0.2) is 46.9 Å². The quantitative estimate of drug-likeness (QED) is 0.599. The largest absolute Gasteiger partial charge is 0.493 e. The van der Waals surface area contributed by atoms with Crippen LogP contribution in [0.25, 0.3) is 11.1 Å². The minimum atomic E-state index is 0.0563.